The number of carbonyl (C=O) groups excluding carboxylic acids is 2. The van der Waals surface area contributed by atoms with Gasteiger partial charge in [0.25, 0.3) is 0 Å². The van der Waals surface area contributed by atoms with Crippen molar-refractivity contribution < 1.29 is 23.8 Å². The average molecular weight is 405 g/mol. The number of methoxy groups -OCH3 is 1. The number of rotatable bonds is 5. The van der Waals surface area contributed by atoms with Crippen LogP contribution in [0.4, 0.5) is 4.79 Å². The van der Waals surface area contributed by atoms with Crippen LogP contribution in [0.2, 0.25) is 0 Å². The molecule has 3 rings (SSSR count). The minimum atomic E-state index is -0.615. The smallest absolute Gasteiger partial charge is 0.411 e. The van der Waals surface area contributed by atoms with Crippen LogP contribution in [0.15, 0.2) is 24.3 Å². The number of piperidine rings is 1. The molecule has 0 radical (unpaired) electrons. The van der Waals surface area contributed by atoms with Crippen LogP contribution in [-0.2, 0) is 20.8 Å². The third-order valence-corrected chi connectivity index (χ3v) is 5.37. The van der Waals surface area contributed by atoms with Crippen molar-refractivity contribution in [3.63, 3.8) is 0 Å². The predicted octanol–water partition coefficient (Wildman–Crippen LogP) is 3.07. The molecule has 1 aromatic carbocycles. The molecule has 3 atom stereocenters. The normalized spacial score (nSPS) is 24.3. The molecule has 2 bridgehead atoms. The Kier molecular flexibility index (Phi) is 6.36. The van der Waals surface area contributed by atoms with Crippen molar-refractivity contribution in [2.75, 3.05) is 26.8 Å². The van der Waals surface area contributed by atoms with Crippen molar-refractivity contribution >= 4 is 12.1 Å². The van der Waals surface area contributed by atoms with Crippen molar-refractivity contribution in [2.24, 2.45) is 5.92 Å². The van der Waals surface area contributed by atoms with Crippen molar-refractivity contribution in [2.45, 2.75) is 58.3 Å². The summed E-state index contributed by atoms with van der Waals surface area (Å²) in [5.41, 5.74) is 0.555. The largest absolute Gasteiger partial charge is 0.497 e. The highest BCUT2D eigenvalue weighted by molar-refractivity contribution is 5.83. The fraction of sp³-hybridized carbons (Fsp3) is 0.636. The van der Waals surface area contributed by atoms with Crippen LogP contribution < -0.4 is 4.74 Å². The van der Waals surface area contributed by atoms with Gasteiger partial charge in [0.2, 0.25) is 0 Å². The topological polar surface area (TPSA) is 68.3 Å². The van der Waals surface area contributed by atoms with Crippen LogP contribution in [0.1, 0.15) is 39.7 Å². The SMILES string of the molecule is CCOC(=O)[C@@H]1[C@@H]2C[C@H](CN(Cc3ccc(OC)cc3)C2)N1C(=O)OC(C)(C)C. The lowest BCUT2D eigenvalue weighted by molar-refractivity contribution is -0.149. The number of fused-ring (bicyclic) bond motifs is 2. The zero-order valence-corrected chi connectivity index (χ0v) is 18.0. The van der Waals surface area contributed by atoms with E-state index in [1.165, 1.54) is 5.56 Å². The molecule has 0 aliphatic carbocycles. The molecule has 0 saturated carbocycles. The number of benzene rings is 1. The van der Waals surface area contributed by atoms with Crippen LogP contribution in [0.25, 0.3) is 0 Å². The summed E-state index contributed by atoms with van der Waals surface area (Å²) in [7, 11) is 1.65. The van der Waals surface area contributed by atoms with E-state index in [0.717, 1.165) is 25.3 Å². The van der Waals surface area contributed by atoms with Gasteiger partial charge in [-0.1, -0.05) is 12.1 Å². The number of likely N-dealkylation sites (tertiary alicyclic amines) is 2. The fourth-order valence-electron chi connectivity index (χ4n) is 4.32. The highest BCUT2D eigenvalue weighted by atomic mass is 16.6. The third kappa shape index (κ3) is 5.01. The van der Waals surface area contributed by atoms with Crippen molar-refractivity contribution in [1.82, 2.24) is 9.80 Å². The van der Waals surface area contributed by atoms with E-state index in [2.05, 4.69) is 4.90 Å². The van der Waals surface area contributed by atoms with E-state index >= 15 is 0 Å². The van der Waals surface area contributed by atoms with Crippen LogP contribution >= 0.6 is 0 Å². The summed E-state index contributed by atoms with van der Waals surface area (Å²) in [6, 6.07) is 7.34. The van der Waals surface area contributed by atoms with Gasteiger partial charge in [-0.2, -0.15) is 0 Å². The molecule has 7 nitrogen and oxygen atoms in total. The number of hydrogen-bond acceptors (Lipinski definition) is 6. The molecule has 0 aromatic heterocycles. The summed E-state index contributed by atoms with van der Waals surface area (Å²) in [5.74, 6) is 0.529. The minimum Gasteiger partial charge on any atom is -0.497 e. The molecule has 29 heavy (non-hydrogen) atoms. The van der Waals surface area contributed by atoms with Gasteiger partial charge in [0.1, 0.15) is 17.4 Å². The van der Waals surface area contributed by atoms with Crippen LogP contribution in [-0.4, -0.2) is 66.4 Å². The molecule has 2 fully saturated rings. The number of esters is 1. The molecule has 0 N–H and O–H groups in total. The molecule has 1 amide bonds. The number of amides is 1. The van der Waals surface area contributed by atoms with Crippen molar-refractivity contribution in [3.05, 3.63) is 29.8 Å². The molecular weight excluding hydrogens is 372 g/mol. The van der Waals surface area contributed by atoms with Gasteiger partial charge in [-0.25, -0.2) is 9.59 Å². The first-order valence-corrected chi connectivity index (χ1v) is 10.2. The van der Waals surface area contributed by atoms with E-state index in [1.54, 1.807) is 18.9 Å². The quantitative estimate of drug-likeness (QED) is 0.703. The standard InChI is InChI=1S/C22H32N2O5/c1-6-28-20(25)19-16-11-17(24(19)21(26)29-22(2,3)4)14-23(13-16)12-15-7-9-18(27-5)10-8-15/h7-10,16-17,19H,6,11-14H2,1-5H3/t16-,17-,19+/m1/s1. The van der Waals surface area contributed by atoms with Gasteiger partial charge in [-0.15, -0.1) is 0 Å². The molecule has 2 saturated heterocycles. The maximum atomic E-state index is 12.9. The molecule has 2 aliphatic rings. The first-order chi connectivity index (χ1) is 13.7. The summed E-state index contributed by atoms with van der Waals surface area (Å²) in [5, 5.41) is 0. The van der Waals surface area contributed by atoms with E-state index in [9.17, 15) is 9.59 Å². The Morgan fingerprint density at radius 2 is 1.83 bits per heavy atom. The van der Waals surface area contributed by atoms with Crippen LogP contribution in [0.5, 0.6) is 5.75 Å². The summed E-state index contributed by atoms with van der Waals surface area (Å²) >= 11 is 0. The Balaban J connectivity index is 1.77. The molecule has 1 aromatic rings. The number of carbonyl (C=O) groups is 2. The van der Waals surface area contributed by atoms with Gasteiger partial charge in [0, 0.05) is 31.6 Å². The number of ether oxygens (including phenoxy) is 3. The van der Waals surface area contributed by atoms with E-state index in [0.29, 0.717) is 13.2 Å². The third-order valence-electron chi connectivity index (χ3n) is 5.37. The average Bonchev–Trinajstić information content (AvgIpc) is 2.91. The van der Waals surface area contributed by atoms with Gasteiger partial charge in [-0.3, -0.25) is 9.80 Å². The van der Waals surface area contributed by atoms with Gasteiger partial charge in [-0.05, 0) is 51.8 Å². The minimum absolute atomic E-state index is 0.0403. The summed E-state index contributed by atoms with van der Waals surface area (Å²) in [4.78, 5) is 29.6. The molecule has 0 unspecified atom stereocenters. The van der Waals surface area contributed by atoms with Gasteiger partial charge in [0.05, 0.1) is 13.7 Å². The Bertz CT molecular complexity index is 728. The predicted molar refractivity (Wildman–Crippen MR) is 109 cm³/mol. The second kappa shape index (κ2) is 8.61. The first-order valence-electron chi connectivity index (χ1n) is 10.2. The highest BCUT2D eigenvalue weighted by Crippen LogP contribution is 2.37. The Hall–Kier alpha value is -2.28. The zero-order valence-electron chi connectivity index (χ0n) is 18.0. The van der Waals surface area contributed by atoms with Crippen LogP contribution in [0.3, 0.4) is 0 Å². The summed E-state index contributed by atoms with van der Waals surface area (Å²) < 4.78 is 16.1. The van der Waals surface area contributed by atoms with Gasteiger partial charge in [0.15, 0.2) is 0 Å². The number of nitrogens with zero attached hydrogens (tertiary/aromatic N) is 2. The lowest BCUT2D eigenvalue weighted by atomic mass is 9.94. The lowest BCUT2D eigenvalue weighted by Crippen LogP contribution is -2.49. The Morgan fingerprint density at radius 3 is 2.41 bits per heavy atom. The molecule has 2 heterocycles. The van der Waals surface area contributed by atoms with E-state index in [4.69, 9.17) is 14.2 Å². The summed E-state index contributed by atoms with van der Waals surface area (Å²) in [6.45, 7) is 9.79. The molecular formula is C22H32N2O5. The molecule has 7 heteroatoms. The van der Waals surface area contributed by atoms with E-state index in [-0.39, 0.29) is 17.9 Å². The number of hydrogen-bond donors (Lipinski definition) is 0. The van der Waals surface area contributed by atoms with Gasteiger partial charge < -0.3 is 14.2 Å². The van der Waals surface area contributed by atoms with Crippen molar-refractivity contribution in [1.29, 1.82) is 0 Å². The maximum Gasteiger partial charge on any atom is 0.411 e. The Labute approximate surface area is 172 Å². The lowest BCUT2D eigenvalue weighted by Gasteiger charge is -2.33. The van der Waals surface area contributed by atoms with E-state index < -0.39 is 17.7 Å². The second-order valence-electron chi connectivity index (χ2n) is 8.78. The maximum absolute atomic E-state index is 12.9. The first kappa shape index (κ1) is 21.4. The van der Waals surface area contributed by atoms with Gasteiger partial charge >= 0.3 is 12.1 Å². The highest BCUT2D eigenvalue weighted by Gasteiger charge is 2.52. The fourth-order valence-corrected chi connectivity index (χ4v) is 4.32. The second-order valence-corrected chi connectivity index (χ2v) is 8.78. The zero-order chi connectivity index (χ0) is 21.2. The van der Waals surface area contributed by atoms with Crippen molar-refractivity contribution in [3.8, 4) is 5.75 Å². The molecule has 0 spiro atoms. The Morgan fingerprint density at radius 1 is 1.14 bits per heavy atom. The summed E-state index contributed by atoms with van der Waals surface area (Å²) in [6.07, 6.45) is 0.358. The van der Waals surface area contributed by atoms with E-state index in [1.807, 2.05) is 45.0 Å². The van der Waals surface area contributed by atoms with Crippen LogP contribution in [0, 0.1) is 5.92 Å². The molecule has 160 valence electrons. The monoisotopic (exact) mass is 404 g/mol. The molecule has 2 aliphatic heterocycles.